The van der Waals surface area contributed by atoms with Crippen LogP contribution in [-0.2, 0) is 19.2 Å². The number of rotatable bonds is 10. The van der Waals surface area contributed by atoms with Crippen LogP contribution in [0.3, 0.4) is 0 Å². The third kappa shape index (κ3) is 13.0. The van der Waals surface area contributed by atoms with E-state index in [-0.39, 0.29) is 31.0 Å². The Bertz CT molecular complexity index is 361. The van der Waals surface area contributed by atoms with E-state index in [0.717, 1.165) is 22.2 Å². The third-order valence-electron chi connectivity index (χ3n) is 1.84. The number of hydrogen-bond donors (Lipinski definition) is 4. The Labute approximate surface area is 143 Å². The molecule has 0 radical (unpaired) electrons. The monoisotopic (exact) mass is 314 g/mol. The number of carboxylic acid groups (broad SMARTS) is 4. The normalized spacial score (nSPS) is 9.71. The zero-order valence-electron chi connectivity index (χ0n) is 12.3. The third-order valence-corrected chi connectivity index (χ3v) is 1.84. The predicted molar refractivity (Wildman–Crippen MR) is 63.9 cm³/mol. The first-order chi connectivity index (χ1) is 9.20. The molecule has 11 heteroatoms. The molecule has 0 amide bonds. The molecule has 0 bridgehead atoms. The SMILES string of the molecule is O=C(O)CN(C=CN(CC(=O)O)CC(=O)O)CC(=O)O.[H-].[Na+]. The van der Waals surface area contributed by atoms with Gasteiger partial charge in [-0.15, -0.1) is 0 Å². The maximum absolute atomic E-state index is 10.5. The molecule has 0 aliphatic rings. The summed E-state index contributed by atoms with van der Waals surface area (Å²) in [5.41, 5.74) is 0. The van der Waals surface area contributed by atoms with E-state index in [4.69, 9.17) is 20.4 Å². The Morgan fingerprint density at radius 2 is 0.857 bits per heavy atom. The van der Waals surface area contributed by atoms with Gasteiger partial charge in [0.1, 0.15) is 26.2 Å². The Morgan fingerprint density at radius 3 is 1.00 bits per heavy atom. The van der Waals surface area contributed by atoms with Crippen molar-refractivity contribution in [3.8, 4) is 0 Å². The minimum Gasteiger partial charge on any atom is -1.00 e. The van der Waals surface area contributed by atoms with Crippen molar-refractivity contribution in [1.29, 1.82) is 0 Å². The van der Waals surface area contributed by atoms with Gasteiger partial charge in [0, 0.05) is 12.4 Å². The fraction of sp³-hybridized carbons (Fsp3) is 0.400. The molecule has 21 heavy (non-hydrogen) atoms. The molecule has 0 fully saturated rings. The average molecular weight is 314 g/mol. The summed E-state index contributed by atoms with van der Waals surface area (Å²) < 4.78 is 0. The van der Waals surface area contributed by atoms with Crippen LogP contribution in [0.15, 0.2) is 12.4 Å². The number of nitrogens with zero attached hydrogens (tertiary/aromatic N) is 2. The van der Waals surface area contributed by atoms with Gasteiger partial charge in [0.05, 0.1) is 0 Å². The van der Waals surface area contributed by atoms with E-state index < -0.39 is 50.1 Å². The van der Waals surface area contributed by atoms with Crippen LogP contribution in [-0.4, -0.2) is 80.3 Å². The standard InChI is InChI=1S/C10H14N2O8.Na.H/c13-7(14)3-11(4-8(15)16)1-2-12(5-9(17)18)6-10(19)20;;/h1-2H,3-6H2,(H,13,14)(H,15,16)(H,17,18)(H,19,20);;/q;+1;-1. The average Bonchev–Trinajstić information content (AvgIpc) is 2.22. The number of aliphatic carboxylic acids is 4. The summed E-state index contributed by atoms with van der Waals surface area (Å²) >= 11 is 0. The van der Waals surface area contributed by atoms with E-state index in [9.17, 15) is 19.2 Å². The van der Waals surface area contributed by atoms with Crippen molar-refractivity contribution < 1.29 is 70.6 Å². The van der Waals surface area contributed by atoms with E-state index >= 15 is 0 Å². The van der Waals surface area contributed by atoms with E-state index in [1.807, 2.05) is 0 Å². The van der Waals surface area contributed by atoms with E-state index in [2.05, 4.69) is 0 Å². The molecule has 0 unspecified atom stereocenters. The molecule has 0 rings (SSSR count). The fourth-order valence-corrected chi connectivity index (χ4v) is 1.21. The summed E-state index contributed by atoms with van der Waals surface area (Å²) in [6.45, 7) is -2.46. The van der Waals surface area contributed by atoms with Crippen LogP contribution in [0.25, 0.3) is 0 Å². The smallest absolute Gasteiger partial charge is 1.00 e. The molecule has 0 aromatic heterocycles. The maximum Gasteiger partial charge on any atom is 1.00 e. The Balaban J connectivity index is -0.00000180. The first-order valence-electron chi connectivity index (χ1n) is 5.24. The first-order valence-corrected chi connectivity index (χ1v) is 5.24. The predicted octanol–water partition coefficient (Wildman–Crippen LogP) is -4.48. The molecule has 4 N–H and O–H groups in total. The number of carboxylic acids is 4. The van der Waals surface area contributed by atoms with Gasteiger partial charge >= 0.3 is 53.4 Å². The summed E-state index contributed by atoms with van der Waals surface area (Å²) in [5, 5.41) is 34.3. The minimum absolute atomic E-state index is 0. The van der Waals surface area contributed by atoms with Gasteiger partial charge in [0.25, 0.3) is 0 Å². The molecular weight excluding hydrogens is 299 g/mol. The number of carbonyl (C=O) groups is 4. The summed E-state index contributed by atoms with van der Waals surface area (Å²) in [4.78, 5) is 43.9. The first kappa shape index (κ1) is 21.5. The van der Waals surface area contributed by atoms with Gasteiger partial charge in [-0.3, -0.25) is 19.2 Å². The minimum atomic E-state index is -1.28. The molecule has 0 aliphatic carbocycles. The number of hydrogen-bond acceptors (Lipinski definition) is 6. The molecule has 0 aromatic carbocycles. The Kier molecular flexibility index (Phi) is 11.2. The molecule has 0 atom stereocenters. The van der Waals surface area contributed by atoms with Gasteiger partial charge < -0.3 is 31.7 Å². The van der Waals surface area contributed by atoms with Crippen molar-refractivity contribution in [3.63, 3.8) is 0 Å². The van der Waals surface area contributed by atoms with Crippen molar-refractivity contribution in [3.05, 3.63) is 12.4 Å². The molecule has 0 saturated carbocycles. The van der Waals surface area contributed by atoms with Crippen molar-refractivity contribution in [2.75, 3.05) is 26.2 Å². The molecule has 0 heterocycles. The van der Waals surface area contributed by atoms with Crippen molar-refractivity contribution >= 4 is 23.9 Å². The van der Waals surface area contributed by atoms with E-state index in [1.54, 1.807) is 0 Å². The van der Waals surface area contributed by atoms with Crippen LogP contribution in [0, 0.1) is 0 Å². The molecule has 0 aromatic rings. The fourth-order valence-electron chi connectivity index (χ4n) is 1.21. The zero-order valence-corrected chi connectivity index (χ0v) is 13.3. The van der Waals surface area contributed by atoms with Crippen LogP contribution < -0.4 is 29.6 Å². The largest absolute Gasteiger partial charge is 1.00 e. The Morgan fingerprint density at radius 1 is 0.667 bits per heavy atom. The van der Waals surface area contributed by atoms with Gasteiger partial charge in [-0.2, -0.15) is 0 Å². The summed E-state index contributed by atoms with van der Waals surface area (Å²) in [5.74, 6) is -5.12. The van der Waals surface area contributed by atoms with Crippen LogP contribution in [0.4, 0.5) is 0 Å². The van der Waals surface area contributed by atoms with Crippen molar-refractivity contribution in [2.24, 2.45) is 0 Å². The van der Waals surface area contributed by atoms with Crippen LogP contribution >= 0.6 is 0 Å². The summed E-state index contributed by atoms with van der Waals surface area (Å²) in [6, 6.07) is 0. The van der Waals surface area contributed by atoms with Crippen molar-refractivity contribution in [1.82, 2.24) is 9.80 Å². The van der Waals surface area contributed by atoms with Crippen LogP contribution in [0.1, 0.15) is 1.43 Å². The van der Waals surface area contributed by atoms with E-state index in [0.29, 0.717) is 0 Å². The van der Waals surface area contributed by atoms with Gasteiger partial charge in [0.2, 0.25) is 0 Å². The van der Waals surface area contributed by atoms with E-state index in [1.165, 1.54) is 0 Å². The molecule has 0 saturated heterocycles. The molecule has 114 valence electrons. The molecule has 10 nitrogen and oxygen atoms in total. The summed E-state index contributed by atoms with van der Waals surface area (Å²) in [7, 11) is 0. The summed E-state index contributed by atoms with van der Waals surface area (Å²) in [6.07, 6.45) is 2.04. The quantitative estimate of drug-likeness (QED) is 0.290. The molecule has 0 aliphatic heterocycles. The van der Waals surface area contributed by atoms with Crippen LogP contribution in [0.5, 0.6) is 0 Å². The van der Waals surface area contributed by atoms with Crippen LogP contribution in [0.2, 0.25) is 0 Å². The second-order valence-corrected chi connectivity index (χ2v) is 3.68. The van der Waals surface area contributed by atoms with Crippen molar-refractivity contribution in [2.45, 2.75) is 0 Å². The zero-order chi connectivity index (χ0) is 15.7. The van der Waals surface area contributed by atoms with Gasteiger partial charge in [-0.1, -0.05) is 0 Å². The van der Waals surface area contributed by atoms with Gasteiger partial charge in [-0.25, -0.2) is 0 Å². The Hall–Kier alpha value is -1.78. The second-order valence-electron chi connectivity index (χ2n) is 3.68. The molecule has 0 spiro atoms. The molecular formula is C10H15N2NaO8. The second kappa shape index (κ2) is 10.9. The van der Waals surface area contributed by atoms with Gasteiger partial charge in [-0.05, 0) is 0 Å². The maximum atomic E-state index is 10.5. The topological polar surface area (TPSA) is 156 Å². The van der Waals surface area contributed by atoms with Gasteiger partial charge in [0.15, 0.2) is 0 Å².